The Morgan fingerprint density at radius 1 is 0.727 bits per heavy atom. The molecule has 0 unspecified atom stereocenters. The van der Waals surface area contributed by atoms with E-state index in [1.807, 2.05) is 6.92 Å². The third-order valence-corrected chi connectivity index (χ3v) is 4.00. The minimum Gasteiger partial charge on any atom is -0.499 e. The highest BCUT2D eigenvalue weighted by atomic mass is 16.5. The van der Waals surface area contributed by atoms with Crippen molar-refractivity contribution < 1.29 is 4.74 Å². The van der Waals surface area contributed by atoms with Crippen molar-refractivity contribution in [3.63, 3.8) is 0 Å². The molecule has 22 heavy (non-hydrogen) atoms. The maximum absolute atomic E-state index is 5.36. The predicted molar refractivity (Wildman–Crippen MR) is 100 cm³/mol. The highest BCUT2D eigenvalue weighted by molar-refractivity contribution is 4.81. The lowest BCUT2D eigenvalue weighted by molar-refractivity contribution is 0.208. The van der Waals surface area contributed by atoms with Gasteiger partial charge in [0.2, 0.25) is 0 Å². The van der Waals surface area contributed by atoms with E-state index >= 15 is 0 Å². The highest BCUT2D eigenvalue weighted by Gasteiger charge is 1.92. The Bertz CT molecular complexity index is 255. The first-order valence-corrected chi connectivity index (χ1v) is 9.70. The first kappa shape index (κ1) is 21.3. The summed E-state index contributed by atoms with van der Waals surface area (Å²) in [6.45, 7) is 8.78. The van der Waals surface area contributed by atoms with Crippen LogP contribution in [0.4, 0.5) is 0 Å². The van der Waals surface area contributed by atoms with Gasteiger partial charge in [0.25, 0.3) is 0 Å². The Labute approximate surface area is 140 Å². The molecule has 1 nitrogen and oxygen atoms in total. The minimum atomic E-state index is 0.841. The standard InChI is InChI=1S/C21H40O/c1-4-5-6-7-8-9-10-11-12-13-14-15-16-17-18-19-20-22-21(2)3/h11-12H,2,4-10,13-20H2,1,3H3/b12-11-. The zero-order valence-corrected chi connectivity index (χ0v) is 15.4. The van der Waals surface area contributed by atoms with Crippen LogP contribution in [0.2, 0.25) is 0 Å². The van der Waals surface area contributed by atoms with Gasteiger partial charge in [0.15, 0.2) is 0 Å². The number of allylic oxidation sites excluding steroid dienone is 3. The van der Waals surface area contributed by atoms with E-state index in [1.54, 1.807) is 0 Å². The van der Waals surface area contributed by atoms with Crippen molar-refractivity contribution >= 4 is 0 Å². The van der Waals surface area contributed by atoms with E-state index in [1.165, 1.54) is 89.9 Å². The molecular formula is C21H40O. The van der Waals surface area contributed by atoms with E-state index in [-0.39, 0.29) is 0 Å². The van der Waals surface area contributed by atoms with Crippen molar-refractivity contribution in [3.05, 3.63) is 24.5 Å². The molecule has 0 N–H and O–H groups in total. The van der Waals surface area contributed by atoms with Gasteiger partial charge in [0.1, 0.15) is 0 Å². The number of ether oxygens (including phenoxy) is 1. The molecule has 0 heterocycles. The number of hydrogen-bond donors (Lipinski definition) is 0. The fourth-order valence-electron chi connectivity index (χ4n) is 2.60. The Morgan fingerprint density at radius 2 is 1.18 bits per heavy atom. The topological polar surface area (TPSA) is 9.23 Å². The Balaban J connectivity index is 3.06. The van der Waals surface area contributed by atoms with E-state index in [2.05, 4.69) is 25.7 Å². The van der Waals surface area contributed by atoms with Crippen LogP contribution in [0.3, 0.4) is 0 Å². The molecule has 0 saturated carbocycles. The smallest absolute Gasteiger partial charge is 0.0876 e. The van der Waals surface area contributed by atoms with Gasteiger partial charge in [-0.2, -0.15) is 0 Å². The molecule has 0 bridgehead atoms. The summed E-state index contributed by atoms with van der Waals surface area (Å²) in [5.74, 6) is 0.841. The molecule has 0 aliphatic heterocycles. The molecule has 0 fully saturated rings. The van der Waals surface area contributed by atoms with Gasteiger partial charge in [-0.1, -0.05) is 83.4 Å². The van der Waals surface area contributed by atoms with Gasteiger partial charge in [-0.15, -0.1) is 0 Å². The first-order chi connectivity index (χ1) is 10.8. The Morgan fingerprint density at radius 3 is 1.68 bits per heavy atom. The van der Waals surface area contributed by atoms with Crippen molar-refractivity contribution in [1.82, 2.24) is 0 Å². The van der Waals surface area contributed by atoms with Crippen LogP contribution in [-0.2, 0) is 4.74 Å². The number of rotatable bonds is 17. The molecule has 0 aromatic carbocycles. The van der Waals surface area contributed by atoms with Gasteiger partial charge >= 0.3 is 0 Å². The summed E-state index contributed by atoms with van der Waals surface area (Å²) in [7, 11) is 0. The Hall–Kier alpha value is -0.720. The van der Waals surface area contributed by atoms with Crippen LogP contribution in [-0.4, -0.2) is 6.61 Å². The van der Waals surface area contributed by atoms with Crippen molar-refractivity contribution in [3.8, 4) is 0 Å². The van der Waals surface area contributed by atoms with Gasteiger partial charge < -0.3 is 4.74 Å². The zero-order valence-electron chi connectivity index (χ0n) is 15.4. The first-order valence-electron chi connectivity index (χ1n) is 9.70. The number of hydrogen-bond acceptors (Lipinski definition) is 1. The Kier molecular flexibility index (Phi) is 17.7. The minimum absolute atomic E-state index is 0.841. The molecule has 130 valence electrons. The summed E-state index contributed by atoms with van der Waals surface area (Å²) >= 11 is 0. The zero-order chi connectivity index (χ0) is 16.3. The lowest BCUT2D eigenvalue weighted by atomic mass is 10.1. The summed E-state index contributed by atoms with van der Waals surface area (Å²) in [6, 6.07) is 0. The summed E-state index contributed by atoms with van der Waals surface area (Å²) in [4.78, 5) is 0. The molecule has 0 aromatic rings. The number of unbranched alkanes of at least 4 members (excludes halogenated alkanes) is 12. The second kappa shape index (κ2) is 18.3. The molecule has 0 atom stereocenters. The van der Waals surface area contributed by atoms with E-state index in [9.17, 15) is 0 Å². The van der Waals surface area contributed by atoms with E-state index in [0.29, 0.717) is 0 Å². The van der Waals surface area contributed by atoms with Crippen LogP contribution in [0, 0.1) is 0 Å². The average Bonchev–Trinajstić information content (AvgIpc) is 2.50. The van der Waals surface area contributed by atoms with Crippen molar-refractivity contribution in [2.45, 2.75) is 104 Å². The second-order valence-corrected chi connectivity index (χ2v) is 6.49. The molecule has 0 amide bonds. The second-order valence-electron chi connectivity index (χ2n) is 6.49. The van der Waals surface area contributed by atoms with E-state index in [4.69, 9.17) is 4.74 Å². The monoisotopic (exact) mass is 308 g/mol. The fourth-order valence-corrected chi connectivity index (χ4v) is 2.60. The molecule has 1 heteroatoms. The third kappa shape index (κ3) is 19.3. The van der Waals surface area contributed by atoms with Crippen LogP contribution in [0.1, 0.15) is 104 Å². The molecular weight excluding hydrogens is 268 g/mol. The van der Waals surface area contributed by atoms with E-state index < -0.39 is 0 Å². The van der Waals surface area contributed by atoms with Crippen LogP contribution >= 0.6 is 0 Å². The molecule has 0 aliphatic rings. The van der Waals surface area contributed by atoms with Gasteiger partial charge in [-0.25, -0.2) is 0 Å². The molecule has 0 rings (SSSR count). The van der Waals surface area contributed by atoms with Crippen molar-refractivity contribution in [2.75, 3.05) is 6.61 Å². The van der Waals surface area contributed by atoms with Crippen LogP contribution in [0.15, 0.2) is 24.5 Å². The maximum Gasteiger partial charge on any atom is 0.0876 e. The average molecular weight is 309 g/mol. The predicted octanol–water partition coefficient (Wildman–Crippen LogP) is 7.57. The van der Waals surface area contributed by atoms with Crippen molar-refractivity contribution in [1.29, 1.82) is 0 Å². The summed E-state index contributed by atoms with van der Waals surface area (Å²) < 4.78 is 5.36. The van der Waals surface area contributed by atoms with Gasteiger partial charge in [0, 0.05) is 0 Å². The molecule has 0 saturated heterocycles. The summed E-state index contributed by atoms with van der Waals surface area (Å²) in [6.07, 6.45) is 23.7. The highest BCUT2D eigenvalue weighted by Crippen LogP contribution is 2.10. The van der Waals surface area contributed by atoms with Crippen LogP contribution in [0.5, 0.6) is 0 Å². The fraction of sp³-hybridized carbons (Fsp3) is 0.810. The molecule has 0 aromatic heterocycles. The van der Waals surface area contributed by atoms with Crippen LogP contribution in [0.25, 0.3) is 0 Å². The lowest BCUT2D eigenvalue weighted by Gasteiger charge is -2.04. The van der Waals surface area contributed by atoms with E-state index in [0.717, 1.165) is 12.4 Å². The summed E-state index contributed by atoms with van der Waals surface area (Å²) in [5.41, 5.74) is 0. The molecule has 0 radical (unpaired) electrons. The maximum atomic E-state index is 5.36. The lowest BCUT2D eigenvalue weighted by Crippen LogP contribution is -1.91. The normalized spacial score (nSPS) is 11.2. The largest absolute Gasteiger partial charge is 0.499 e. The van der Waals surface area contributed by atoms with Gasteiger partial charge in [0.05, 0.1) is 12.4 Å². The van der Waals surface area contributed by atoms with Gasteiger partial charge in [-0.05, 0) is 39.0 Å². The van der Waals surface area contributed by atoms with Crippen LogP contribution < -0.4 is 0 Å². The SMILES string of the molecule is C=C(C)OCCCCCCCC/C=C\CCCCCCCC. The molecule has 0 spiro atoms. The summed E-state index contributed by atoms with van der Waals surface area (Å²) in [5, 5.41) is 0. The van der Waals surface area contributed by atoms with Gasteiger partial charge in [-0.3, -0.25) is 0 Å². The quantitative estimate of drug-likeness (QED) is 0.153. The van der Waals surface area contributed by atoms with Crippen molar-refractivity contribution in [2.24, 2.45) is 0 Å². The third-order valence-electron chi connectivity index (χ3n) is 4.00. The molecule has 0 aliphatic carbocycles.